The Labute approximate surface area is 96.6 Å². The normalized spacial score (nSPS) is 11.8. The molecule has 0 fully saturated rings. The summed E-state index contributed by atoms with van der Waals surface area (Å²) in [5.41, 5.74) is 0. The van der Waals surface area contributed by atoms with Crippen LogP contribution in [0, 0.1) is 0 Å². The number of nitrogens with zero attached hydrogens (tertiary/aromatic N) is 1. The minimum atomic E-state index is -3.46. The summed E-state index contributed by atoms with van der Waals surface area (Å²) in [6, 6.07) is 0. The van der Waals surface area contributed by atoms with E-state index in [4.69, 9.17) is 4.74 Å². The molecule has 1 aromatic rings. The lowest BCUT2D eigenvalue weighted by Crippen LogP contribution is -2.27. The number of sulfonamides is 1. The van der Waals surface area contributed by atoms with Crippen molar-refractivity contribution in [3.05, 3.63) is 12.5 Å². The zero-order chi connectivity index (χ0) is 11.1. The van der Waals surface area contributed by atoms with E-state index in [0.29, 0.717) is 13.2 Å². The molecule has 1 rings (SSSR count). The fourth-order valence-corrected chi connectivity index (χ4v) is 2.02. The molecule has 86 valence electrons. The van der Waals surface area contributed by atoms with Crippen LogP contribution in [-0.2, 0) is 14.8 Å². The number of H-pyrrole nitrogens is 1. The average Bonchev–Trinajstić information content (AvgIpc) is 2.70. The fourth-order valence-electron chi connectivity index (χ4n) is 0.873. The van der Waals surface area contributed by atoms with E-state index in [-0.39, 0.29) is 11.6 Å². The first-order valence-corrected chi connectivity index (χ1v) is 6.89. The van der Waals surface area contributed by atoms with Gasteiger partial charge in [-0.05, 0) is 0 Å². The fraction of sp³-hybridized carbons (Fsp3) is 0.571. The number of nitrogens with one attached hydrogen (secondary N) is 2. The Morgan fingerprint density at radius 3 is 2.93 bits per heavy atom. The van der Waals surface area contributed by atoms with E-state index in [0.717, 1.165) is 5.33 Å². The Bertz CT molecular complexity index is 365. The lowest BCUT2D eigenvalue weighted by molar-refractivity contribution is 0.156. The molecule has 0 bridgehead atoms. The van der Waals surface area contributed by atoms with Crippen LogP contribution in [0.2, 0.25) is 0 Å². The van der Waals surface area contributed by atoms with Crippen molar-refractivity contribution in [1.29, 1.82) is 0 Å². The van der Waals surface area contributed by atoms with Crippen molar-refractivity contribution in [3.63, 3.8) is 0 Å². The van der Waals surface area contributed by atoms with Crippen LogP contribution in [-0.4, -0.2) is 43.5 Å². The zero-order valence-electron chi connectivity index (χ0n) is 7.94. The molecule has 1 heterocycles. The maximum Gasteiger partial charge on any atom is 0.257 e. The van der Waals surface area contributed by atoms with E-state index in [1.165, 1.54) is 12.5 Å². The highest BCUT2D eigenvalue weighted by Crippen LogP contribution is 2.00. The molecule has 2 N–H and O–H groups in total. The monoisotopic (exact) mass is 297 g/mol. The molecule has 0 saturated carbocycles. The van der Waals surface area contributed by atoms with Crippen LogP contribution in [0.1, 0.15) is 0 Å². The van der Waals surface area contributed by atoms with Gasteiger partial charge in [0.2, 0.25) is 0 Å². The number of imidazole rings is 1. The highest BCUT2D eigenvalue weighted by atomic mass is 79.9. The smallest absolute Gasteiger partial charge is 0.257 e. The Balaban J connectivity index is 2.32. The van der Waals surface area contributed by atoms with Crippen LogP contribution in [0.4, 0.5) is 0 Å². The summed E-state index contributed by atoms with van der Waals surface area (Å²) in [7, 11) is -3.46. The maximum atomic E-state index is 11.5. The standard InChI is InChI=1S/C7H12BrN3O3S/c8-1-3-14-4-2-11-15(12,13)7-5-9-6-10-7/h5-6,11H,1-4H2,(H,9,10). The molecular formula is C7H12BrN3O3S. The molecular weight excluding hydrogens is 286 g/mol. The van der Waals surface area contributed by atoms with Crippen molar-refractivity contribution in [3.8, 4) is 0 Å². The van der Waals surface area contributed by atoms with E-state index in [2.05, 4.69) is 30.6 Å². The number of rotatable bonds is 7. The van der Waals surface area contributed by atoms with Crippen LogP contribution >= 0.6 is 15.9 Å². The lowest BCUT2D eigenvalue weighted by atomic mass is 10.7. The highest BCUT2D eigenvalue weighted by Gasteiger charge is 2.13. The second kappa shape index (κ2) is 6.21. The number of hydrogen-bond donors (Lipinski definition) is 2. The number of aromatic nitrogens is 2. The molecule has 0 spiro atoms. The van der Waals surface area contributed by atoms with Gasteiger partial charge in [-0.3, -0.25) is 0 Å². The Morgan fingerprint density at radius 1 is 1.53 bits per heavy atom. The number of ether oxygens (including phenoxy) is 1. The first-order chi connectivity index (χ1) is 7.17. The summed E-state index contributed by atoms with van der Waals surface area (Å²) < 4.78 is 30.4. The highest BCUT2D eigenvalue weighted by molar-refractivity contribution is 9.09. The van der Waals surface area contributed by atoms with E-state index in [1.807, 2.05) is 0 Å². The van der Waals surface area contributed by atoms with Crippen molar-refractivity contribution >= 4 is 26.0 Å². The molecule has 0 atom stereocenters. The molecule has 0 radical (unpaired) electrons. The Hall–Kier alpha value is -0.440. The van der Waals surface area contributed by atoms with Crippen molar-refractivity contribution in [2.45, 2.75) is 5.03 Å². The summed E-state index contributed by atoms with van der Waals surface area (Å²) in [4.78, 5) is 6.15. The Morgan fingerprint density at radius 2 is 2.33 bits per heavy atom. The quantitative estimate of drug-likeness (QED) is 0.552. The summed E-state index contributed by atoms with van der Waals surface area (Å²) in [5.74, 6) is 0. The molecule has 0 unspecified atom stereocenters. The largest absolute Gasteiger partial charge is 0.379 e. The van der Waals surface area contributed by atoms with Gasteiger partial charge in [0, 0.05) is 11.9 Å². The van der Waals surface area contributed by atoms with Crippen molar-refractivity contribution in [2.24, 2.45) is 0 Å². The maximum absolute atomic E-state index is 11.5. The third kappa shape index (κ3) is 4.29. The van der Waals surface area contributed by atoms with Gasteiger partial charge in [0.1, 0.15) is 0 Å². The predicted molar refractivity (Wildman–Crippen MR) is 58.4 cm³/mol. The van der Waals surface area contributed by atoms with Crippen molar-refractivity contribution in [2.75, 3.05) is 25.1 Å². The van der Waals surface area contributed by atoms with Gasteiger partial charge in [0.15, 0.2) is 5.03 Å². The van der Waals surface area contributed by atoms with Gasteiger partial charge in [0.05, 0.1) is 25.7 Å². The van der Waals surface area contributed by atoms with E-state index in [1.54, 1.807) is 0 Å². The predicted octanol–water partition coefficient (Wildman–Crippen LogP) is 0.0995. The molecule has 0 saturated heterocycles. The lowest BCUT2D eigenvalue weighted by Gasteiger charge is -2.04. The van der Waals surface area contributed by atoms with Gasteiger partial charge in [-0.25, -0.2) is 18.1 Å². The molecule has 0 aromatic carbocycles. The molecule has 8 heteroatoms. The van der Waals surface area contributed by atoms with Crippen LogP contribution in [0.5, 0.6) is 0 Å². The molecule has 0 aliphatic carbocycles. The third-order valence-corrected chi connectivity index (χ3v) is 3.23. The number of hydrogen-bond acceptors (Lipinski definition) is 4. The van der Waals surface area contributed by atoms with E-state index < -0.39 is 10.0 Å². The summed E-state index contributed by atoms with van der Waals surface area (Å²) in [6.07, 6.45) is 2.57. The third-order valence-electron chi connectivity index (χ3n) is 1.52. The minimum absolute atomic E-state index is 0.0583. The number of aromatic amines is 1. The summed E-state index contributed by atoms with van der Waals surface area (Å²) in [6.45, 7) is 1.15. The molecule has 1 aromatic heterocycles. The van der Waals surface area contributed by atoms with Crippen LogP contribution in [0.3, 0.4) is 0 Å². The van der Waals surface area contributed by atoms with Crippen LogP contribution in [0.25, 0.3) is 0 Å². The Kier molecular flexibility index (Phi) is 5.23. The first-order valence-electron chi connectivity index (χ1n) is 4.28. The number of halogens is 1. The average molecular weight is 298 g/mol. The van der Waals surface area contributed by atoms with E-state index in [9.17, 15) is 8.42 Å². The zero-order valence-corrected chi connectivity index (χ0v) is 10.3. The van der Waals surface area contributed by atoms with Crippen molar-refractivity contribution in [1.82, 2.24) is 14.7 Å². The van der Waals surface area contributed by atoms with Crippen molar-refractivity contribution < 1.29 is 13.2 Å². The first kappa shape index (κ1) is 12.6. The van der Waals surface area contributed by atoms with Crippen LogP contribution < -0.4 is 4.72 Å². The van der Waals surface area contributed by atoms with Gasteiger partial charge in [-0.2, -0.15) is 0 Å². The van der Waals surface area contributed by atoms with Gasteiger partial charge in [-0.1, -0.05) is 15.9 Å². The second-order valence-corrected chi connectivity index (χ2v) is 5.14. The van der Waals surface area contributed by atoms with Gasteiger partial charge < -0.3 is 9.72 Å². The SMILES string of the molecule is O=S(=O)(NCCOCCBr)c1cnc[nH]1. The molecule has 0 aliphatic rings. The molecule has 6 nitrogen and oxygen atoms in total. The summed E-state index contributed by atoms with van der Waals surface area (Å²) >= 11 is 3.20. The summed E-state index contributed by atoms with van der Waals surface area (Å²) in [5, 5.41) is 0.795. The molecule has 0 amide bonds. The van der Waals surface area contributed by atoms with Gasteiger partial charge >= 0.3 is 0 Å². The van der Waals surface area contributed by atoms with E-state index >= 15 is 0 Å². The molecule has 0 aliphatic heterocycles. The second-order valence-electron chi connectivity index (χ2n) is 2.61. The minimum Gasteiger partial charge on any atom is -0.379 e. The van der Waals surface area contributed by atoms with Crippen LogP contribution in [0.15, 0.2) is 17.6 Å². The molecule has 15 heavy (non-hydrogen) atoms. The van der Waals surface area contributed by atoms with Gasteiger partial charge in [-0.15, -0.1) is 0 Å². The number of alkyl halides is 1. The van der Waals surface area contributed by atoms with Gasteiger partial charge in [0.25, 0.3) is 10.0 Å². The topological polar surface area (TPSA) is 84.1 Å².